The van der Waals surface area contributed by atoms with Crippen LogP contribution in [0.3, 0.4) is 0 Å². The number of anilines is 1. The first kappa shape index (κ1) is 18.3. The first-order valence-electron chi connectivity index (χ1n) is 8.74. The molecule has 0 aromatic heterocycles. The van der Waals surface area contributed by atoms with E-state index in [1.165, 1.54) is 0 Å². The van der Waals surface area contributed by atoms with E-state index in [9.17, 15) is 4.79 Å². The van der Waals surface area contributed by atoms with Gasteiger partial charge in [0.25, 0.3) is 0 Å². The van der Waals surface area contributed by atoms with E-state index < -0.39 is 0 Å². The average Bonchev–Trinajstić information content (AvgIpc) is 2.74. The summed E-state index contributed by atoms with van der Waals surface area (Å²) in [6.45, 7) is 0.493. The molecule has 2 amide bonds. The number of benzene rings is 3. The normalized spacial score (nSPS) is 10.6. The molecule has 0 radical (unpaired) electrons. The van der Waals surface area contributed by atoms with Crippen LogP contribution in [0.4, 0.5) is 10.5 Å². The van der Waals surface area contributed by atoms with Crippen LogP contribution in [-0.4, -0.2) is 13.1 Å². The van der Waals surface area contributed by atoms with Gasteiger partial charge in [-0.05, 0) is 41.5 Å². The molecule has 136 valence electrons. The fraction of sp³-hybridized carbons (Fsp3) is 0.0870. The summed E-state index contributed by atoms with van der Waals surface area (Å²) < 4.78 is 5.15. The maximum Gasteiger partial charge on any atom is 0.326 e. The molecule has 0 saturated heterocycles. The maximum atomic E-state index is 12.8. The highest BCUT2D eigenvalue weighted by Crippen LogP contribution is 2.17. The third-order valence-corrected chi connectivity index (χ3v) is 4.09. The van der Waals surface area contributed by atoms with Gasteiger partial charge in [-0.1, -0.05) is 60.7 Å². The minimum atomic E-state index is -0.185. The molecule has 27 heavy (non-hydrogen) atoms. The van der Waals surface area contributed by atoms with Crippen LogP contribution >= 0.6 is 0 Å². The second-order valence-corrected chi connectivity index (χ2v) is 5.96. The van der Waals surface area contributed by atoms with E-state index in [-0.39, 0.29) is 6.03 Å². The summed E-state index contributed by atoms with van der Waals surface area (Å²) >= 11 is 0. The zero-order valence-corrected chi connectivity index (χ0v) is 15.2. The second kappa shape index (κ2) is 9.25. The molecule has 0 aliphatic rings. The molecule has 0 saturated carbocycles. The monoisotopic (exact) mass is 358 g/mol. The van der Waals surface area contributed by atoms with Gasteiger partial charge in [0.2, 0.25) is 0 Å². The summed E-state index contributed by atoms with van der Waals surface area (Å²) in [4.78, 5) is 14.5. The molecule has 0 bridgehead atoms. The first-order chi connectivity index (χ1) is 13.3. The van der Waals surface area contributed by atoms with Crippen molar-refractivity contribution < 1.29 is 9.53 Å². The van der Waals surface area contributed by atoms with Crippen LogP contribution in [-0.2, 0) is 6.54 Å². The molecular formula is C23H22N2O2. The summed E-state index contributed by atoms with van der Waals surface area (Å²) in [6.07, 6.45) is 3.51. The summed E-state index contributed by atoms with van der Waals surface area (Å²) in [5.74, 6) is 0.800. The number of nitrogens with one attached hydrogen (secondary N) is 1. The first-order valence-corrected chi connectivity index (χ1v) is 8.74. The molecule has 4 nitrogen and oxygen atoms in total. The van der Waals surface area contributed by atoms with Crippen LogP contribution in [0.1, 0.15) is 11.1 Å². The van der Waals surface area contributed by atoms with E-state index in [4.69, 9.17) is 4.74 Å². The zero-order chi connectivity index (χ0) is 18.9. The minimum absolute atomic E-state index is 0.185. The molecule has 3 rings (SSSR count). The maximum absolute atomic E-state index is 12.8. The number of urea groups is 1. The Morgan fingerprint density at radius 2 is 1.56 bits per heavy atom. The third kappa shape index (κ3) is 5.22. The molecular weight excluding hydrogens is 336 g/mol. The Labute approximate surface area is 159 Å². The van der Waals surface area contributed by atoms with Crippen molar-refractivity contribution in [2.24, 2.45) is 0 Å². The van der Waals surface area contributed by atoms with Gasteiger partial charge in [-0.2, -0.15) is 0 Å². The van der Waals surface area contributed by atoms with Crippen molar-refractivity contribution in [3.05, 3.63) is 102 Å². The lowest BCUT2D eigenvalue weighted by molar-refractivity contribution is 0.249. The van der Waals surface area contributed by atoms with Crippen LogP contribution in [0.25, 0.3) is 6.08 Å². The molecule has 0 fully saturated rings. The second-order valence-electron chi connectivity index (χ2n) is 5.96. The van der Waals surface area contributed by atoms with Crippen molar-refractivity contribution in [2.45, 2.75) is 6.54 Å². The van der Waals surface area contributed by atoms with Gasteiger partial charge in [-0.3, -0.25) is 4.90 Å². The quantitative estimate of drug-likeness (QED) is 0.667. The van der Waals surface area contributed by atoms with Gasteiger partial charge in [0.15, 0.2) is 0 Å². The number of amides is 2. The smallest absolute Gasteiger partial charge is 0.326 e. The van der Waals surface area contributed by atoms with Crippen LogP contribution in [0.2, 0.25) is 0 Å². The van der Waals surface area contributed by atoms with E-state index in [0.29, 0.717) is 6.54 Å². The molecule has 3 aromatic carbocycles. The number of carbonyl (C=O) groups is 1. The van der Waals surface area contributed by atoms with E-state index in [2.05, 4.69) is 5.32 Å². The van der Waals surface area contributed by atoms with Gasteiger partial charge < -0.3 is 10.1 Å². The zero-order valence-electron chi connectivity index (χ0n) is 15.2. The van der Waals surface area contributed by atoms with Crippen molar-refractivity contribution in [2.75, 3.05) is 12.0 Å². The number of nitrogens with zero attached hydrogens (tertiary/aromatic N) is 1. The van der Waals surface area contributed by atoms with Crippen LogP contribution in [0.5, 0.6) is 5.75 Å². The van der Waals surface area contributed by atoms with Crippen molar-refractivity contribution in [1.29, 1.82) is 0 Å². The molecule has 0 atom stereocenters. The molecule has 0 heterocycles. The Morgan fingerprint density at radius 3 is 2.19 bits per heavy atom. The number of hydrogen-bond donors (Lipinski definition) is 1. The van der Waals surface area contributed by atoms with Crippen molar-refractivity contribution in [3.8, 4) is 5.75 Å². The number of hydrogen-bond acceptors (Lipinski definition) is 2. The summed E-state index contributed by atoms with van der Waals surface area (Å²) in [5.41, 5.74) is 2.89. The number of para-hydroxylation sites is 1. The highest BCUT2D eigenvalue weighted by atomic mass is 16.5. The van der Waals surface area contributed by atoms with Crippen molar-refractivity contribution in [1.82, 2.24) is 5.32 Å². The van der Waals surface area contributed by atoms with E-state index in [1.54, 1.807) is 18.2 Å². The predicted molar refractivity (Wildman–Crippen MR) is 110 cm³/mol. The number of methoxy groups -OCH3 is 1. The topological polar surface area (TPSA) is 41.6 Å². The molecule has 0 aliphatic heterocycles. The fourth-order valence-electron chi connectivity index (χ4n) is 2.66. The molecule has 4 heteroatoms. The summed E-state index contributed by atoms with van der Waals surface area (Å²) in [6, 6.07) is 27.0. The van der Waals surface area contributed by atoms with Gasteiger partial charge >= 0.3 is 6.03 Å². The SMILES string of the molecule is COc1ccc(/C=C/NC(=O)N(Cc2ccccc2)c2ccccc2)cc1. The number of ether oxygens (including phenoxy) is 1. The van der Waals surface area contributed by atoms with Crippen molar-refractivity contribution >= 4 is 17.8 Å². The minimum Gasteiger partial charge on any atom is -0.497 e. The molecule has 1 N–H and O–H groups in total. The van der Waals surface area contributed by atoms with Crippen molar-refractivity contribution in [3.63, 3.8) is 0 Å². The largest absolute Gasteiger partial charge is 0.497 e. The van der Waals surface area contributed by atoms with Crippen LogP contribution in [0.15, 0.2) is 91.1 Å². The standard InChI is InChI=1S/C23H22N2O2/c1-27-22-14-12-19(13-15-22)16-17-24-23(26)25(21-10-6-3-7-11-21)18-20-8-4-2-5-9-20/h2-17H,18H2,1H3,(H,24,26)/b17-16+. The third-order valence-electron chi connectivity index (χ3n) is 4.09. The van der Waals surface area contributed by atoms with Gasteiger partial charge in [0.1, 0.15) is 5.75 Å². The average molecular weight is 358 g/mol. The highest BCUT2D eigenvalue weighted by Gasteiger charge is 2.14. The molecule has 3 aromatic rings. The molecule has 0 spiro atoms. The predicted octanol–water partition coefficient (Wildman–Crippen LogP) is 5.08. The van der Waals surface area contributed by atoms with E-state index >= 15 is 0 Å². The van der Waals surface area contributed by atoms with E-state index in [1.807, 2.05) is 91.0 Å². The Hall–Kier alpha value is -3.53. The van der Waals surface area contributed by atoms with Crippen LogP contribution < -0.4 is 15.0 Å². The Bertz CT molecular complexity index is 875. The lowest BCUT2D eigenvalue weighted by atomic mass is 10.2. The van der Waals surface area contributed by atoms with Gasteiger partial charge in [-0.25, -0.2) is 4.79 Å². The summed E-state index contributed by atoms with van der Waals surface area (Å²) in [5, 5.41) is 2.85. The lowest BCUT2D eigenvalue weighted by Crippen LogP contribution is -2.37. The van der Waals surface area contributed by atoms with Gasteiger partial charge in [0.05, 0.1) is 13.7 Å². The van der Waals surface area contributed by atoms with E-state index in [0.717, 1.165) is 22.6 Å². The molecule has 0 unspecified atom stereocenters. The Morgan fingerprint density at radius 1 is 0.926 bits per heavy atom. The lowest BCUT2D eigenvalue weighted by Gasteiger charge is -2.22. The van der Waals surface area contributed by atoms with Gasteiger partial charge in [0, 0.05) is 11.9 Å². The number of carbonyl (C=O) groups excluding carboxylic acids is 1. The van der Waals surface area contributed by atoms with Gasteiger partial charge in [-0.15, -0.1) is 0 Å². The summed E-state index contributed by atoms with van der Waals surface area (Å²) in [7, 11) is 1.63. The molecule has 0 aliphatic carbocycles. The number of rotatable bonds is 6. The fourth-order valence-corrected chi connectivity index (χ4v) is 2.66. The highest BCUT2D eigenvalue weighted by molar-refractivity contribution is 5.92. The van der Waals surface area contributed by atoms with Crippen LogP contribution in [0, 0.1) is 0 Å². The Kier molecular flexibility index (Phi) is 6.26. The Balaban J connectivity index is 1.71.